The maximum atomic E-state index is 13.4. The van der Waals surface area contributed by atoms with E-state index in [0.717, 1.165) is 55.0 Å². The Labute approximate surface area is 195 Å². The molecule has 0 fully saturated rings. The van der Waals surface area contributed by atoms with Crippen LogP contribution in [0.5, 0.6) is 5.75 Å². The highest BCUT2D eigenvalue weighted by Gasteiger charge is 2.34. The van der Waals surface area contributed by atoms with E-state index in [9.17, 15) is 23.3 Å². The molecule has 1 aromatic heterocycles. The lowest BCUT2D eigenvalue weighted by atomic mass is 9.82. The lowest BCUT2D eigenvalue weighted by molar-refractivity contribution is -0.385. The fraction of sp³-hybridized carbons (Fsp3) is 0.364. The monoisotopic (exact) mass is 488 g/mol. The first-order valence-corrected chi connectivity index (χ1v) is 12.2. The number of aromatic nitrogens is 2. The number of non-ortho nitro benzene ring substituents is 1. The van der Waals surface area contributed by atoms with Crippen LogP contribution in [0.25, 0.3) is 0 Å². The highest BCUT2D eigenvalue weighted by atomic mass is 32.2. The number of nitrogens with zero attached hydrogens (tertiary/aromatic N) is 2. The molecule has 11 nitrogen and oxygen atoms in total. The zero-order chi connectivity index (χ0) is 24.5. The van der Waals surface area contributed by atoms with Crippen molar-refractivity contribution in [2.75, 3.05) is 7.11 Å². The number of sulfonamides is 1. The predicted octanol–water partition coefficient (Wildman–Crippen LogP) is 2.98. The van der Waals surface area contributed by atoms with Crippen LogP contribution in [0.3, 0.4) is 0 Å². The van der Waals surface area contributed by atoms with Gasteiger partial charge in [-0.1, -0.05) is 25.1 Å². The summed E-state index contributed by atoms with van der Waals surface area (Å²) in [5.74, 6) is -1.56. The van der Waals surface area contributed by atoms with Crippen LogP contribution in [0.4, 0.5) is 5.69 Å². The summed E-state index contributed by atoms with van der Waals surface area (Å²) in [6, 6.07) is 8.13. The summed E-state index contributed by atoms with van der Waals surface area (Å²) in [5, 5.41) is 17.1. The van der Waals surface area contributed by atoms with E-state index in [1.807, 2.05) is 19.1 Å². The minimum atomic E-state index is -4.27. The van der Waals surface area contributed by atoms with Gasteiger partial charge in [0, 0.05) is 12.0 Å². The second-order valence-corrected chi connectivity index (χ2v) is 9.81. The average molecular weight is 489 g/mol. The molecule has 1 heterocycles. The van der Waals surface area contributed by atoms with Crippen molar-refractivity contribution in [2.45, 2.75) is 49.5 Å². The predicted molar refractivity (Wildman–Crippen MR) is 121 cm³/mol. The fourth-order valence-electron chi connectivity index (χ4n) is 4.38. The summed E-state index contributed by atoms with van der Waals surface area (Å²) in [6.07, 6.45) is 3.94. The topological polar surface area (TPSA) is 157 Å². The van der Waals surface area contributed by atoms with Gasteiger partial charge in [-0.2, -0.15) is 4.72 Å². The Balaban J connectivity index is 1.76. The number of benzene rings is 2. The Bertz CT molecular complexity index is 1380. The number of H-pyrrole nitrogens is 1. The third-order valence-electron chi connectivity index (χ3n) is 6.07. The zero-order valence-corrected chi connectivity index (χ0v) is 19.4. The molecule has 0 bridgehead atoms. The van der Waals surface area contributed by atoms with Gasteiger partial charge in [0.15, 0.2) is 0 Å². The Kier molecular flexibility index (Phi) is 6.53. The van der Waals surface area contributed by atoms with Gasteiger partial charge in [0.1, 0.15) is 16.7 Å². The minimum Gasteiger partial charge on any atom is -0.495 e. The number of ether oxygens (including phenoxy) is 1. The standard InChI is InChI=1S/C22H24N4O7S/c1-13(16-9-5-7-14-6-3-4-8-17(14)16)20(21-23-24-22(27)33-21)25-34(30,31)19-11-10-15(26(28)29)12-18(19)32-2/h5,7,9-13,20,25H,3-4,6,8H2,1-2H3,(H,24,27)/t13-,20+/m1/s1. The van der Waals surface area contributed by atoms with Crippen LogP contribution in [-0.4, -0.2) is 30.6 Å². The molecule has 4 rings (SSSR count). The van der Waals surface area contributed by atoms with Gasteiger partial charge in [-0.05, 0) is 48.4 Å². The third-order valence-corrected chi connectivity index (χ3v) is 7.55. The van der Waals surface area contributed by atoms with E-state index in [1.165, 1.54) is 12.7 Å². The van der Waals surface area contributed by atoms with E-state index >= 15 is 0 Å². The van der Waals surface area contributed by atoms with Gasteiger partial charge < -0.3 is 9.15 Å². The van der Waals surface area contributed by atoms with Crippen LogP contribution in [0.15, 0.2) is 50.5 Å². The molecule has 0 aliphatic heterocycles. The fourth-order valence-corrected chi connectivity index (χ4v) is 5.80. The molecule has 180 valence electrons. The van der Waals surface area contributed by atoms with Crippen molar-refractivity contribution in [3.8, 4) is 5.75 Å². The highest BCUT2D eigenvalue weighted by Crippen LogP contribution is 2.37. The quantitative estimate of drug-likeness (QED) is 0.362. The van der Waals surface area contributed by atoms with E-state index in [4.69, 9.17) is 9.15 Å². The number of fused-ring (bicyclic) bond motifs is 1. The van der Waals surface area contributed by atoms with Gasteiger partial charge in [0.25, 0.3) is 5.69 Å². The molecule has 0 spiro atoms. The molecule has 2 N–H and O–H groups in total. The number of aromatic amines is 1. The number of hydrogen-bond acceptors (Lipinski definition) is 8. The van der Waals surface area contributed by atoms with Crippen molar-refractivity contribution < 1.29 is 22.5 Å². The van der Waals surface area contributed by atoms with Crippen LogP contribution in [0, 0.1) is 10.1 Å². The van der Waals surface area contributed by atoms with E-state index in [-0.39, 0.29) is 22.2 Å². The summed E-state index contributed by atoms with van der Waals surface area (Å²) in [5.41, 5.74) is 3.01. The first kappa shape index (κ1) is 23.6. The zero-order valence-electron chi connectivity index (χ0n) is 18.6. The maximum Gasteiger partial charge on any atom is 0.434 e. The van der Waals surface area contributed by atoms with E-state index < -0.39 is 32.7 Å². The molecule has 1 aliphatic carbocycles. The molecule has 12 heteroatoms. The first-order chi connectivity index (χ1) is 16.2. The third kappa shape index (κ3) is 4.59. The van der Waals surface area contributed by atoms with Gasteiger partial charge in [0.05, 0.1) is 18.1 Å². The summed E-state index contributed by atoms with van der Waals surface area (Å²) >= 11 is 0. The molecule has 2 atom stereocenters. The summed E-state index contributed by atoms with van der Waals surface area (Å²) in [7, 11) is -3.05. The first-order valence-electron chi connectivity index (χ1n) is 10.7. The van der Waals surface area contributed by atoms with Crippen LogP contribution < -0.4 is 15.2 Å². The molecule has 0 saturated heterocycles. The number of nitro benzene ring substituents is 1. The Morgan fingerprint density at radius 1 is 1.24 bits per heavy atom. The molecule has 0 saturated carbocycles. The van der Waals surface area contributed by atoms with Gasteiger partial charge in [0.2, 0.25) is 15.9 Å². The molecule has 0 unspecified atom stereocenters. The van der Waals surface area contributed by atoms with E-state index in [2.05, 4.69) is 21.0 Å². The van der Waals surface area contributed by atoms with Crippen LogP contribution in [0.2, 0.25) is 0 Å². The Hall–Kier alpha value is -3.51. The minimum absolute atomic E-state index is 0.115. The second-order valence-electron chi connectivity index (χ2n) is 8.12. The number of nitro groups is 1. The van der Waals surface area contributed by atoms with Crippen LogP contribution >= 0.6 is 0 Å². The van der Waals surface area contributed by atoms with Crippen LogP contribution in [0.1, 0.15) is 54.3 Å². The number of rotatable bonds is 8. The van der Waals surface area contributed by atoms with Gasteiger partial charge in [-0.3, -0.25) is 10.1 Å². The van der Waals surface area contributed by atoms with Crippen molar-refractivity contribution in [3.63, 3.8) is 0 Å². The van der Waals surface area contributed by atoms with Gasteiger partial charge in [-0.25, -0.2) is 18.3 Å². The van der Waals surface area contributed by atoms with Crippen molar-refractivity contribution in [1.29, 1.82) is 0 Å². The molecule has 34 heavy (non-hydrogen) atoms. The molecule has 0 radical (unpaired) electrons. The van der Waals surface area contributed by atoms with E-state index in [0.29, 0.717) is 0 Å². The summed E-state index contributed by atoms with van der Waals surface area (Å²) in [4.78, 5) is 21.8. The second kappa shape index (κ2) is 9.39. The van der Waals surface area contributed by atoms with Crippen molar-refractivity contribution in [1.82, 2.24) is 14.9 Å². The lowest BCUT2D eigenvalue weighted by Crippen LogP contribution is -2.33. The molecule has 1 aliphatic rings. The van der Waals surface area contributed by atoms with Crippen molar-refractivity contribution >= 4 is 15.7 Å². The summed E-state index contributed by atoms with van der Waals surface area (Å²) < 4.78 is 39.6. The summed E-state index contributed by atoms with van der Waals surface area (Å²) in [6.45, 7) is 1.83. The van der Waals surface area contributed by atoms with Crippen LogP contribution in [-0.2, 0) is 22.9 Å². The van der Waals surface area contributed by atoms with Crippen molar-refractivity contribution in [2.24, 2.45) is 0 Å². The smallest absolute Gasteiger partial charge is 0.434 e. The Morgan fingerprint density at radius 3 is 2.68 bits per heavy atom. The Morgan fingerprint density at radius 2 is 2.00 bits per heavy atom. The lowest BCUT2D eigenvalue weighted by Gasteiger charge is -2.27. The van der Waals surface area contributed by atoms with Gasteiger partial charge >= 0.3 is 5.76 Å². The van der Waals surface area contributed by atoms with Gasteiger partial charge in [-0.15, -0.1) is 5.10 Å². The molecule has 2 aromatic carbocycles. The largest absolute Gasteiger partial charge is 0.495 e. The SMILES string of the molecule is COc1cc([N+](=O)[O-])ccc1S(=O)(=O)N[C@H](c1n[nH]c(=O)o1)[C@H](C)c1cccc2c1CCCC2. The normalized spacial score (nSPS) is 15.4. The maximum absolute atomic E-state index is 13.4. The van der Waals surface area contributed by atoms with Crippen molar-refractivity contribution in [3.05, 3.63) is 79.6 Å². The number of aryl methyl sites for hydroxylation is 1. The molecule has 3 aromatic rings. The molecule has 0 amide bonds. The number of hydrogen-bond donors (Lipinski definition) is 2. The molecular formula is C22H24N4O7S. The highest BCUT2D eigenvalue weighted by molar-refractivity contribution is 7.89. The number of nitrogens with one attached hydrogen (secondary N) is 2. The van der Waals surface area contributed by atoms with E-state index in [1.54, 1.807) is 0 Å². The number of methoxy groups -OCH3 is 1. The molecular weight excluding hydrogens is 464 g/mol. The average Bonchev–Trinajstić information content (AvgIpc) is 3.27.